The normalized spacial score (nSPS) is 37.4. The van der Waals surface area contributed by atoms with Gasteiger partial charge in [0.05, 0.1) is 52.9 Å². The molecule has 0 bridgehead atoms. The number of aromatic nitrogens is 3. The molecule has 6 rings (SSSR count). The van der Waals surface area contributed by atoms with E-state index in [0.29, 0.717) is 37.6 Å². The van der Waals surface area contributed by atoms with E-state index in [1.54, 1.807) is 58.5 Å². The van der Waals surface area contributed by atoms with Gasteiger partial charge in [-0.2, -0.15) is 0 Å². The quantitative estimate of drug-likeness (QED) is 0.110. The number of hydrogen-bond donors (Lipinski definition) is 3. The van der Waals surface area contributed by atoms with Crippen molar-refractivity contribution in [2.45, 2.75) is 215 Å². The Morgan fingerprint density at radius 1 is 1.01 bits per heavy atom. The summed E-state index contributed by atoms with van der Waals surface area (Å²) in [7, 11) is 6.91. The van der Waals surface area contributed by atoms with Crippen molar-refractivity contribution in [1.29, 1.82) is 0 Å². The lowest BCUT2D eigenvalue weighted by atomic mass is 9.68. The van der Waals surface area contributed by atoms with Crippen molar-refractivity contribution in [2.24, 2.45) is 23.7 Å². The van der Waals surface area contributed by atoms with E-state index in [4.69, 9.17) is 28.4 Å². The van der Waals surface area contributed by atoms with Gasteiger partial charge in [-0.1, -0.05) is 64.5 Å². The first-order valence-corrected chi connectivity index (χ1v) is 28.0. The van der Waals surface area contributed by atoms with Crippen LogP contribution in [0.5, 0.6) is 0 Å². The average Bonchev–Trinajstić information content (AvgIpc) is 4.06. The molecule has 2 aromatic rings. The second-order valence-electron chi connectivity index (χ2n) is 23.0. The molecular weight excluding hydrogens is 970 g/mol. The van der Waals surface area contributed by atoms with Crippen LogP contribution in [0.4, 0.5) is 4.39 Å². The van der Waals surface area contributed by atoms with Crippen molar-refractivity contribution in [3.05, 3.63) is 54.0 Å². The number of carbonyl (C=O) groups excluding carboxylic acids is 2. The summed E-state index contributed by atoms with van der Waals surface area (Å²) in [6.45, 7) is 20.4. The number of hydrogen-bond acceptors (Lipinski definition) is 16. The number of cyclic esters (lactones) is 1. The third-order valence-electron chi connectivity index (χ3n) is 17.0. The summed E-state index contributed by atoms with van der Waals surface area (Å²) in [5.41, 5.74) is -3.01. The van der Waals surface area contributed by atoms with Gasteiger partial charge in [0, 0.05) is 81.9 Å². The predicted molar refractivity (Wildman–Crippen MR) is 282 cm³/mol. The Kier molecular flexibility index (Phi) is 20.8. The number of aliphatic hydroxyl groups is 3. The number of benzene rings is 1. The van der Waals surface area contributed by atoms with E-state index >= 15 is 0 Å². The summed E-state index contributed by atoms with van der Waals surface area (Å²) >= 11 is 1.91. The standard InChI is InChI=1S/C56H90FN5O11S/c1-15-46-56(10,67)50(63)37(6)61(12)31-33(2)28-54(8,66)52(35(4)48(36(5)53(65)72-46)45-29-55(9,69-14)51(64)38(7)71-45)73-47-27-41(26-34(3)70-47)60(11)25-24-40-32-62(59-58-40)44(30-57)49(68-13)39-20-22-43(23-21-39)74-42-18-16-17-19-42/h20-23,32-36,38,41-42,44-49,51-52,64,66-67H,6,15-19,24-31H2,1-5,7-14H3/t33-,34-,35+,36?,38+,41+,44-,45?,46-,47+,48+,49?,51+,52-,54-,55-,56-/m1/s1. The fourth-order valence-corrected chi connectivity index (χ4v) is 13.8. The van der Waals surface area contributed by atoms with Crippen LogP contribution in [0.15, 0.2) is 47.6 Å². The lowest BCUT2D eigenvalue weighted by Gasteiger charge is -2.51. The number of alkyl halides is 1. The number of carbonyl (C=O) groups is 2. The number of nitrogens with zero attached hydrogens (tertiary/aromatic N) is 5. The third-order valence-corrected chi connectivity index (χ3v) is 18.3. The zero-order valence-corrected chi connectivity index (χ0v) is 47.4. The molecule has 1 aromatic carbocycles. The number of ether oxygens (including phenoxy) is 6. The lowest BCUT2D eigenvalue weighted by Crippen LogP contribution is -2.60. The van der Waals surface area contributed by atoms with E-state index in [1.165, 1.54) is 37.5 Å². The van der Waals surface area contributed by atoms with Crippen LogP contribution >= 0.6 is 11.8 Å². The smallest absolute Gasteiger partial charge is 0.309 e. The highest BCUT2D eigenvalue weighted by atomic mass is 32.2. The molecule has 4 heterocycles. The molecule has 4 fully saturated rings. The summed E-state index contributed by atoms with van der Waals surface area (Å²) in [4.78, 5) is 33.7. The summed E-state index contributed by atoms with van der Waals surface area (Å²) in [6.07, 6.45) is 3.11. The van der Waals surface area contributed by atoms with E-state index in [1.807, 2.05) is 57.8 Å². The van der Waals surface area contributed by atoms with Gasteiger partial charge < -0.3 is 53.5 Å². The van der Waals surface area contributed by atoms with Crippen molar-refractivity contribution < 1.29 is 57.7 Å². The SMILES string of the molecule is C=C1C(=O)[C@](C)(O)[C@@H](CC)OC(=O)C(C)[C@@H](C2C[C@@](C)(OC)[C@@H](O)[C@H](C)O2)[C@H](C)[C@@H](O[C@H]2C[C@@H](N(C)CCc3cn([C@H](CF)C(OC)c4ccc(SC5CCCC5)cc4)nn3)C[C@@H](C)O2)[C@](C)(O)C[C@@H](C)CN1C. The molecule has 3 unspecified atom stereocenters. The van der Waals surface area contributed by atoms with E-state index in [0.717, 1.165) is 11.3 Å². The minimum Gasteiger partial charge on any atom is -0.459 e. The third kappa shape index (κ3) is 14.0. The van der Waals surface area contributed by atoms with Crippen LogP contribution in [0.3, 0.4) is 0 Å². The minimum atomic E-state index is -2.09. The van der Waals surface area contributed by atoms with Crippen LogP contribution < -0.4 is 0 Å². The molecule has 1 aromatic heterocycles. The van der Waals surface area contributed by atoms with Gasteiger partial charge in [0.25, 0.3) is 0 Å². The van der Waals surface area contributed by atoms with Gasteiger partial charge in [0.15, 0.2) is 11.9 Å². The average molecular weight is 1060 g/mol. The highest BCUT2D eigenvalue weighted by Gasteiger charge is 2.54. The number of methoxy groups -OCH3 is 2. The number of halogens is 1. The number of rotatable bonds is 16. The molecule has 18 heteroatoms. The minimum absolute atomic E-state index is 0.00131. The molecular formula is C56H90FN5O11S. The van der Waals surface area contributed by atoms with E-state index < -0.39 is 102 Å². The van der Waals surface area contributed by atoms with Crippen LogP contribution in [-0.2, 0) is 44.4 Å². The largest absolute Gasteiger partial charge is 0.459 e. The number of esters is 1. The Hall–Kier alpha value is -3.04. The molecule has 0 amide bonds. The molecule has 4 aliphatic rings. The Balaban J connectivity index is 1.23. The van der Waals surface area contributed by atoms with Crippen LogP contribution in [0.25, 0.3) is 0 Å². The van der Waals surface area contributed by atoms with E-state index in [-0.39, 0.29) is 43.0 Å². The van der Waals surface area contributed by atoms with Gasteiger partial charge in [-0.05, 0) is 103 Å². The maximum absolute atomic E-state index is 14.9. The Labute approximate surface area is 444 Å². The molecule has 74 heavy (non-hydrogen) atoms. The second kappa shape index (κ2) is 25.6. The van der Waals surface area contributed by atoms with Gasteiger partial charge in [-0.15, -0.1) is 16.9 Å². The topological polar surface area (TPSA) is 187 Å². The van der Waals surface area contributed by atoms with Gasteiger partial charge in [0.1, 0.15) is 31.0 Å². The lowest BCUT2D eigenvalue weighted by molar-refractivity contribution is -0.275. The fraction of sp³-hybridized carbons (Fsp3) is 0.786. The maximum atomic E-state index is 14.9. The highest BCUT2D eigenvalue weighted by Crippen LogP contribution is 2.45. The zero-order chi connectivity index (χ0) is 54.4. The first kappa shape index (κ1) is 60.2. The van der Waals surface area contributed by atoms with Gasteiger partial charge >= 0.3 is 5.97 Å². The fourth-order valence-electron chi connectivity index (χ4n) is 12.6. The summed E-state index contributed by atoms with van der Waals surface area (Å²) in [6, 6.07) is 7.55. The molecule has 0 spiro atoms. The summed E-state index contributed by atoms with van der Waals surface area (Å²) in [5.74, 6) is -3.78. The first-order chi connectivity index (χ1) is 34.9. The monoisotopic (exact) mass is 1060 g/mol. The van der Waals surface area contributed by atoms with Crippen molar-refractivity contribution in [3.8, 4) is 0 Å². The Morgan fingerprint density at radius 3 is 2.31 bits per heavy atom. The van der Waals surface area contributed by atoms with Crippen molar-refractivity contribution in [3.63, 3.8) is 0 Å². The highest BCUT2D eigenvalue weighted by molar-refractivity contribution is 8.00. The van der Waals surface area contributed by atoms with E-state index in [2.05, 4.69) is 41.0 Å². The zero-order valence-electron chi connectivity index (χ0n) is 46.6. The second-order valence-corrected chi connectivity index (χ2v) is 24.4. The molecule has 3 saturated heterocycles. The van der Waals surface area contributed by atoms with Crippen LogP contribution in [-0.4, -0.2) is 171 Å². The predicted octanol–water partition coefficient (Wildman–Crippen LogP) is 7.67. The van der Waals surface area contributed by atoms with Crippen LogP contribution in [0.1, 0.15) is 144 Å². The number of Topliss-reactive ketones (excluding diaryl/α,β-unsaturated/α-hetero) is 1. The van der Waals surface area contributed by atoms with Crippen molar-refractivity contribution in [1.82, 2.24) is 24.8 Å². The molecule has 418 valence electrons. The number of aliphatic hydroxyl groups excluding tert-OH is 1. The van der Waals surface area contributed by atoms with E-state index in [9.17, 15) is 29.3 Å². The van der Waals surface area contributed by atoms with Gasteiger partial charge in [0.2, 0.25) is 5.78 Å². The molecule has 3 N–H and O–H groups in total. The Bertz CT molecular complexity index is 2140. The first-order valence-electron chi connectivity index (χ1n) is 27.1. The summed E-state index contributed by atoms with van der Waals surface area (Å²) in [5, 5.41) is 45.5. The molecule has 3 aliphatic heterocycles. The number of likely N-dealkylation sites (N-methyl/N-ethyl adjacent to an activating group) is 2. The summed E-state index contributed by atoms with van der Waals surface area (Å²) < 4.78 is 54.8. The maximum Gasteiger partial charge on any atom is 0.309 e. The van der Waals surface area contributed by atoms with Crippen molar-refractivity contribution in [2.75, 3.05) is 48.1 Å². The van der Waals surface area contributed by atoms with Crippen molar-refractivity contribution >= 4 is 23.5 Å². The number of thioether (sulfide) groups is 1. The molecule has 0 radical (unpaired) electrons. The molecule has 1 saturated carbocycles. The van der Waals surface area contributed by atoms with Crippen LogP contribution in [0.2, 0.25) is 0 Å². The number of ketones is 1. The molecule has 16 nitrogen and oxygen atoms in total. The Morgan fingerprint density at radius 2 is 1.69 bits per heavy atom. The van der Waals surface area contributed by atoms with Gasteiger partial charge in [-0.25, -0.2) is 9.07 Å². The van der Waals surface area contributed by atoms with Gasteiger partial charge in [-0.3, -0.25) is 9.59 Å². The molecule has 17 atom stereocenters. The molecule has 1 aliphatic carbocycles. The van der Waals surface area contributed by atoms with Crippen LogP contribution in [0, 0.1) is 23.7 Å².